The summed E-state index contributed by atoms with van der Waals surface area (Å²) in [5, 5.41) is 2.91. The first-order valence-electron chi connectivity index (χ1n) is 10.1. The second-order valence-corrected chi connectivity index (χ2v) is 10.2. The van der Waals surface area contributed by atoms with Crippen LogP contribution in [-0.2, 0) is 9.59 Å². The second kappa shape index (κ2) is 8.62. The van der Waals surface area contributed by atoms with Crippen molar-refractivity contribution in [3.05, 3.63) is 59.7 Å². The van der Waals surface area contributed by atoms with E-state index < -0.39 is 0 Å². The van der Waals surface area contributed by atoms with E-state index in [0.29, 0.717) is 18.1 Å². The van der Waals surface area contributed by atoms with Crippen molar-refractivity contribution in [2.24, 2.45) is 5.41 Å². The van der Waals surface area contributed by atoms with Crippen molar-refractivity contribution in [1.29, 1.82) is 0 Å². The van der Waals surface area contributed by atoms with Crippen LogP contribution in [0.15, 0.2) is 48.5 Å². The fourth-order valence-corrected chi connectivity index (χ4v) is 4.59. The van der Waals surface area contributed by atoms with Crippen molar-refractivity contribution in [3.63, 3.8) is 0 Å². The van der Waals surface area contributed by atoms with Crippen LogP contribution in [0.25, 0.3) is 0 Å². The van der Waals surface area contributed by atoms with Gasteiger partial charge in [0.1, 0.15) is 5.37 Å². The third-order valence-corrected chi connectivity index (χ3v) is 6.06. The first kappa shape index (κ1) is 21.4. The molecule has 154 valence electrons. The predicted molar refractivity (Wildman–Crippen MR) is 122 cm³/mol. The summed E-state index contributed by atoms with van der Waals surface area (Å²) in [5.74, 6) is 1.03. The number of thioether (sulfide) groups is 1. The van der Waals surface area contributed by atoms with E-state index in [9.17, 15) is 9.59 Å². The molecule has 1 saturated heterocycles. The molecule has 0 unspecified atom stereocenters. The normalized spacial score (nSPS) is 17.1. The summed E-state index contributed by atoms with van der Waals surface area (Å²) in [4.78, 5) is 26.8. The van der Waals surface area contributed by atoms with Crippen molar-refractivity contribution in [3.8, 4) is 0 Å². The van der Waals surface area contributed by atoms with Crippen LogP contribution in [-0.4, -0.2) is 17.6 Å². The van der Waals surface area contributed by atoms with Crippen LogP contribution < -0.4 is 10.2 Å². The van der Waals surface area contributed by atoms with E-state index in [1.165, 1.54) is 5.56 Å². The number of carbonyl (C=O) groups is 2. The molecule has 1 N–H and O–H groups in total. The van der Waals surface area contributed by atoms with E-state index in [1.54, 1.807) is 11.8 Å². The fourth-order valence-electron chi connectivity index (χ4n) is 3.43. The molecule has 0 saturated carbocycles. The Kier molecular flexibility index (Phi) is 6.37. The van der Waals surface area contributed by atoms with Gasteiger partial charge >= 0.3 is 0 Å². The molecule has 3 rings (SSSR count). The zero-order valence-electron chi connectivity index (χ0n) is 17.9. The molecule has 1 atom stereocenters. The summed E-state index contributed by atoms with van der Waals surface area (Å²) in [7, 11) is 0. The molecule has 2 amide bonds. The summed E-state index contributed by atoms with van der Waals surface area (Å²) >= 11 is 1.62. The highest BCUT2D eigenvalue weighted by Crippen LogP contribution is 2.42. The number of nitrogens with one attached hydrogen (secondary N) is 1. The fraction of sp³-hybridized carbons (Fsp3) is 0.417. The Balaban J connectivity index is 1.81. The highest BCUT2D eigenvalue weighted by atomic mass is 32.2. The Morgan fingerprint density at radius 2 is 1.86 bits per heavy atom. The molecule has 0 spiro atoms. The number of carbonyl (C=O) groups excluding carboxylic acids is 2. The number of hydrogen-bond acceptors (Lipinski definition) is 3. The van der Waals surface area contributed by atoms with Crippen molar-refractivity contribution in [2.75, 3.05) is 16.0 Å². The summed E-state index contributed by atoms with van der Waals surface area (Å²) in [6, 6.07) is 16.1. The Bertz CT molecular complexity index is 884. The number of nitrogens with zero attached hydrogens (tertiary/aromatic N) is 1. The molecule has 1 aliphatic rings. The Morgan fingerprint density at radius 1 is 1.17 bits per heavy atom. The van der Waals surface area contributed by atoms with E-state index in [-0.39, 0.29) is 22.6 Å². The summed E-state index contributed by atoms with van der Waals surface area (Å²) in [6.07, 6.45) is 0.461. The van der Waals surface area contributed by atoms with E-state index in [2.05, 4.69) is 31.3 Å². The summed E-state index contributed by atoms with van der Waals surface area (Å²) in [6.45, 7) is 10.5. The van der Waals surface area contributed by atoms with Crippen LogP contribution >= 0.6 is 11.8 Å². The topological polar surface area (TPSA) is 49.4 Å². The zero-order chi connectivity index (χ0) is 21.2. The van der Waals surface area contributed by atoms with Gasteiger partial charge in [-0.15, -0.1) is 11.8 Å². The number of amides is 2. The zero-order valence-corrected chi connectivity index (χ0v) is 18.7. The lowest BCUT2D eigenvalue weighted by molar-refractivity contribution is -0.118. The molecule has 1 fully saturated rings. The first-order valence-corrected chi connectivity index (χ1v) is 11.1. The van der Waals surface area contributed by atoms with E-state index in [1.807, 2.05) is 62.1 Å². The lowest BCUT2D eigenvalue weighted by Crippen LogP contribution is -2.27. The largest absolute Gasteiger partial charge is 0.326 e. The Morgan fingerprint density at radius 3 is 2.48 bits per heavy atom. The van der Waals surface area contributed by atoms with Crippen molar-refractivity contribution < 1.29 is 9.59 Å². The minimum absolute atomic E-state index is 0.00549. The molecule has 0 aliphatic carbocycles. The number of hydrogen-bond donors (Lipinski definition) is 1. The lowest BCUT2D eigenvalue weighted by Gasteiger charge is -2.25. The van der Waals surface area contributed by atoms with Crippen LogP contribution in [0, 0.1) is 5.41 Å². The van der Waals surface area contributed by atoms with Crippen LogP contribution in [0.2, 0.25) is 0 Å². The molecule has 4 nitrogen and oxygen atoms in total. The van der Waals surface area contributed by atoms with Crippen molar-refractivity contribution in [1.82, 2.24) is 0 Å². The van der Waals surface area contributed by atoms with Gasteiger partial charge in [-0.1, -0.05) is 58.9 Å². The number of benzene rings is 2. The minimum atomic E-state index is -0.0909. The van der Waals surface area contributed by atoms with Gasteiger partial charge in [0, 0.05) is 17.8 Å². The molecule has 0 radical (unpaired) electrons. The molecule has 0 bridgehead atoms. The molecule has 1 heterocycles. The molecular formula is C24H30N2O2S. The highest BCUT2D eigenvalue weighted by Gasteiger charge is 2.34. The molecule has 0 aromatic heterocycles. The average Bonchev–Trinajstić information content (AvgIpc) is 3.02. The first-order chi connectivity index (χ1) is 13.6. The van der Waals surface area contributed by atoms with Crippen LogP contribution in [0.5, 0.6) is 0 Å². The molecular weight excluding hydrogens is 380 g/mol. The van der Waals surface area contributed by atoms with E-state index in [0.717, 1.165) is 16.9 Å². The standard InChI is InChI=1S/C24H30N2O2S/c1-16(2)17-9-11-20(12-10-17)26-22(28)15-29-23(26)18-7-6-8-19(13-18)25-21(27)14-24(3,4)5/h6-13,16,23H,14-15H2,1-5H3,(H,25,27)/t23-/m0/s1. The molecule has 2 aromatic carbocycles. The number of anilines is 2. The molecule has 1 aliphatic heterocycles. The maximum absolute atomic E-state index is 12.6. The van der Waals surface area contributed by atoms with Crippen molar-refractivity contribution in [2.45, 2.75) is 52.3 Å². The van der Waals surface area contributed by atoms with E-state index >= 15 is 0 Å². The van der Waals surface area contributed by atoms with Gasteiger partial charge < -0.3 is 5.32 Å². The number of rotatable bonds is 5. The quantitative estimate of drug-likeness (QED) is 0.661. The van der Waals surface area contributed by atoms with Gasteiger partial charge in [-0.05, 0) is 46.7 Å². The molecule has 2 aromatic rings. The Labute approximate surface area is 178 Å². The minimum Gasteiger partial charge on any atom is -0.326 e. The molecule has 5 heteroatoms. The van der Waals surface area contributed by atoms with Crippen molar-refractivity contribution >= 4 is 35.0 Å². The van der Waals surface area contributed by atoms with Gasteiger partial charge in [0.05, 0.1) is 5.75 Å². The maximum atomic E-state index is 12.6. The SMILES string of the molecule is CC(C)c1ccc(N2C(=O)CS[C@H]2c2cccc(NC(=O)CC(C)(C)C)c2)cc1. The highest BCUT2D eigenvalue weighted by molar-refractivity contribution is 8.00. The van der Waals surface area contributed by atoms with Crippen LogP contribution in [0.4, 0.5) is 11.4 Å². The van der Waals surface area contributed by atoms with Gasteiger partial charge in [-0.2, -0.15) is 0 Å². The monoisotopic (exact) mass is 410 g/mol. The van der Waals surface area contributed by atoms with Crippen LogP contribution in [0.1, 0.15) is 63.5 Å². The average molecular weight is 411 g/mol. The molecule has 29 heavy (non-hydrogen) atoms. The smallest absolute Gasteiger partial charge is 0.238 e. The lowest BCUT2D eigenvalue weighted by atomic mass is 9.92. The van der Waals surface area contributed by atoms with Gasteiger partial charge in [-0.25, -0.2) is 0 Å². The van der Waals surface area contributed by atoms with Gasteiger partial charge in [0.15, 0.2) is 0 Å². The third-order valence-electron chi connectivity index (χ3n) is 4.85. The summed E-state index contributed by atoms with van der Waals surface area (Å²) < 4.78 is 0. The van der Waals surface area contributed by atoms with Gasteiger partial charge in [0.25, 0.3) is 0 Å². The van der Waals surface area contributed by atoms with Crippen LogP contribution in [0.3, 0.4) is 0 Å². The maximum Gasteiger partial charge on any atom is 0.238 e. The van der Waals surface area contributed by atoms with Gasteiger partial charge in [0.2, 0.25) is 11.8 Å². The Hall–Kier alpha value is -2.27. The summed E-state index contributed by atoms with van der Waals surface area (Å²) in [5.41, 5.74) is 3.90. The second-order valence-electron chi connectivity index (χ2n) is 9.08. The van der Waals surface area contributed by atoms with Gasteiger partial charge in [-0.3, -0.25) is 14.5 Å². The predicted octanol–water partition coefficient (Wildman–Crippen LogP) is 5.96. The third kappa shape index (κ3) is 5.41. The van der Waals surface area contributed by atoms with E-state index in [4.69, 9.17) is 0 Å².